The number of likely N-dealkylation sites (tertiary alicyclic amines) is 1. The zero-order valence-corrected chi connectivity index (χ0v) is 14.7. The number of thioether (sulfide) groups is 1. The summed E-state index contributed by atoms with van der Waals surface area (Å²) in [4.78, 5) is 7.42. The Morgan fingerprint density at radius 3 is 2.65 bits per heavy atom. The lowest BCUT2D eigenvalue weighted by Gasteiger charge is -2.26. The van der Waals surface area contributed by atoms with Crippen molar-refractivity contribution < 1.29 is 4.39 Å². The molecule has 1 aliphatic heterocycles. The van der Waals surface area contributed by atoms with Gasteiger partial charge in [-0.3, -0.25) is 4.99 Å². The topological polar surface area (TPSA) is 39.7 Å². The Kier molecular flexibility index (Phi) is 8.25. The van der Waals surface area contributed by atoms with Gasteiger partial charge in [-0.2, -0.15) is 0 Å². The highest BCUT2D eigenvalue weighted by molar-refractivity contribution is 7.99. The van der Waals surface area contributed by atoms with Crippen LogP contribution in [0.15, 0.2) is 34.2 Å². The third kappa shape index (κ3) is 6.79. The van der Waals surface area contributed by atoms with E-state index < -0.39 is 0 Å². The summed E-state index contributed by atoms with van der Waals surface area (Å²) in [6, 6.07) is 6.88. The summed E-state index contributed by atoms with van der Waals surface area (Å²) in [5.74, 6) is 1.46. The molecule has 2 N–H and O–H groups in total. The largest absolute Gasteiger partial charge is 0.356 e. The maximum atomic E-state index is 13.5. The van der Waals surface area contributed by atoms with E-state index in [1.807, 2.05) is 12.1 Å². The summed E-state index contributed by atoms with van der Waals surface area (Å²) in [5.41, 5.74) is 0. The van der Waals surface area contributed by atoms with Crippen LogP contribution < -0.4 is 10.6 Å². The molecule has 1 aliphatic rings. The van der Waals surface area contributed by atoms with Gasteiger partial charge in [-0.25, -0.2) is 4.39 Å². The van der Waals surface area contributed by atoms with E-state index in [1.165, 1.54) is 50.2 Å². The van der Waals surface area contributed by atoms with Crippen molar-refractivity contribution in [1.29, 1.82) is 0 Å². The van der Waals surface area contributed by atoms with Crippen LogP contribution in [0.25, 0.3) is 0 Å². The second kappa shape index (κ2) is 10.5. The van der Waals surface area contributed by atoms with Crippen molar-refractivity contribution in [3.8, 4) is 0 Å². The molecule has 128 valence electrons. The lowest BCUT2D eigenvalue weighted by atomic mass is 10.1. The van der Waals surface area contributed by atoms with Gasteiger partial charge in [0, 0.05) is 37.3 Å². The quantitative estimate of drug-likeness (QED) is 0.347. The first-order valence-electron chi connectivity index (χ1n) is 8.34. The highest BCUT2D eigenvalue weighted by Gasteiger charge is 2.09. The predicted molar refractivity (Wildman–Crippen MR) is 96.8 cm³/mol. The molecule has 2 rings (SSSR count). The number of aliphatic imine (C=N–C) groups is 1. The second-order valence-electron chi connectivity index (χ2n) is 5.61. The van der Waals surface area contributed by atoms with Crippen molar-refractivity contribution in [2.24, 2.45) is 4.99 Å². The first kappa shape index (κ1) is 18.1. The number of hydrogen-bond acceptors (Lipinski definition) is 3. The monoisotopic (exact) mass is 338 g/mol. The first-order chi connectivity index (χ1) is 11.3. The Bertz CT molecular complexity index is 489. The Balaban J connectivity index is 1.58. The van der Waals surface area contributed by atoms with Crippen LogP contribution in [0.2, 0.25) is 0 Å². The van der Waals surface area contributed by atoms with Crippen LogP contribution in [0.5, 0.6) is 0 Å². The van der Waals surface area contributed by atoms with E-state index in [2.05, 4.69) is 20.5 Å². The fourth-order valence-corrected chi connectivity index (χ4v) is 3.43. The highest BCUT2D eigenvalue weighted by atomic mass is 32.2. The molecule has 1 aromatic carbocycles. The highest BCUT2D eigenvalue weighted by Crippen LogP contribution is 2.20. The number of hydrogen-bond donors (Lipinski definition) is 2. The van der Waals surface area contributed by atoms with Crippen molar-refractivity contribution in [2.45, 2.75) is 24.2 Å². The van der Waals surface area contributed by atoms with Gasteiger partial charge in [0.15, 0.2) is 5.96 Å². The van der Waals surface area contributed by atoms with Gasteiger partial charge in [-0.1, -0.05) is 18.6 Å². The molecule has 1 fully saturated rings. The normalized spacial score (nSPS) is 16.3. The van der Waals surface area contributed by atoms with Crippen LogP contribution in [0.4, 0.5) is 4.39 Å². The summed E-state index contributed by atoms with van der Waals surface area (Å²) >= 11 is 1.52. The van der Waals surface area contributed by atoms with Crippen LogP contribution in [-0.2, 0) is 0 Å². The number of halogens is 1. The van der Waals surface area contributed by atoms with Crippen molar-refractivity contribution in [3.63, 3.8) is 0 Å². The summed E-state index contributed by atoms with van der Waals surface area (Å²) in [5, 5.41) is 6.61. The van der Waals surface area contributed by atoms with E-state index in [-0.39, 0.29) is 5.82 Å². The molecule has 0 unspecified atom stereocenters. The number of piperidine rings is 1. The molecule has 0 bridgehead atoms. The molecule has 1 aromatic rings. The fourth-order valence-electron chi connectivity index (χ4n) is 2.63. The third-order valence-electron chi connectivity index (χ3n) is 3.88. The van der Waals surface area contributed by atoms with Crippen LogP contribution in [-0.4, -0.2) is 56.4 Å². The molecule has 6 heteroatoms. The van der Waals surface area contributed by atoms with E-state index in [9.17, 15) is 4.39 Å². The zero-order valence-electron chi connectivity index (χ0n) is 13.9. The van der Waals surface area contributed by atoms with Gasteiger partial charge in [0.2, 0.25) is 0 Å². The summed E-state index contributed by atoms with van der Waals surface area (Å²) in [7, 11) is 1.78. The molecule has 0 amide bonds. The van der Waals surface area contributed by atoms with Gasteiger partial charge in [0.05, 0.1) is 0 Å². The van der Waals surface area contributed by atoms with Crippen molar-refractivity contribution in [3.05, 3.63) is 30.1 Å². The Labute approximate surface area is 142 Å². The van der Waals surface area contributed by atoms with Gasteiger partial charge in [0.1, 0.15) is 5.82 Å². The molecule has 4 nitrogen and oxygen atoms in total. The van der Waals surface area contributed by atoms with Crippen molar-refractivity contribution in [2.75, 3.05) is 45.5 Å². The second-order valence-corrected chi connectivity index (χ2v) is 6.74. The van der Waals surface area contributed by atoms with E-state index in [0.29, 0.717) is 4.90 Å². The number of nitrogens with one attached hydrogen (secondary N) is 2. The molecule has 1 heterocycles. The molecule has 0 aliphatic carbocycles. The minimum atomic E-state index is -0.151. The van der Waals surface area contributed by atoms with Gasteiger partial charge in [-0.15, -0.1) is 11.8 Å². The summed E-state index contributed by atoms with van der Waals surface area (Å²) in [6.45, 7) is 5.15. The van der Waals surface area contributed by atoms with Gasteiger partial charge < -0.3 is 15.5 Å². The fraction of sp³-hybridized carbons (Fsp3) is 0.588. The Morgan fingerprint density at radius 1 is 1.17 bits per heavy atom. The average molecular weight is 338 g/mol. The average Bonchev–Trinajstić information content (AvgIpc) is 2.59. The molecule has 1 saturated heterocycles. The zero-order chi connectivity index (χ0) is 16.3. The smallest absolute Gasteiger partial charge is 0.191 e. The number of rotatable bonds is 7. The van der Waals surface area contributed by atoms with E-state index in [1.54, 1.807) is 13.1 Å². The number of benzene rings is 1. The molecule has 0 radical (unpaired) electrons. The maximum Gasteiger partial charge on any atom is 0.191 e. The van der Waals surface area contributed by atoms with Gasteiger partial charge >= 0.3 is 0 Å². The number of nitrogens with zero attached hydrogens (tertiary/aromatic N) is 2. The Hall–Kier alpha value is -1.27. The number of guanidine groups is 1. The third-order valence-corrected chi connectivity index (χ3v) is 4.93. The van der Waals surface area contributed by atoms with Crippen molar-refractivity contribution in [1.82, 2.24) is 15.5 Å². The molecule has 0 spiro atoms. The minimum Gasteiger partial charge on any atom is -0.356 e. The molecule has 23 heavy (non-hydrogen) atoms. The van der Waals surface area contributed by atoms with Crippen LogP contribution in [0.1, 0.15) is 19.3 Å². The van der Waals surface area contributed by atoms with Crippen molar-refractivity contribution >= 4 is 17.7 Å². The summed E-state index contributed by atoms with van der Waals surface area (Å²) in [6.07, 6.45) is 4.01. The van der Waals surface area contributed by atoms with Crippen LogP contribution in [0, 0.1) is 5.82 Å². The molecule has 0 atom stereocenters. The van der Waals surface area contributed by atoms with E-state index >= 15 is 0 Å². The minimum absolute atomic E-state index is 0.151. The molecular weight excluding hydrogens is 311 g/mol. The SMILES string of the molecule is CN=C(NCCSc1ccccc1F)NCCN1CCCCC1. The van der Waals surface area contributed by atoms with Crippen LogP contribution >= 0.6 is 11.8 Å². The van der Waals surface area contributed by atoms with E-state index in [0.717, 1.165) is 31.3 Å². The van der Waals surface area contributed by atoms with Gasteiger partial charge in [0.25, 0.3) is 0 Å². The predicted octanol–water partition coefficient (Wildman–Crippen LogP) is 2.57. The standard InChI is InChI=1S/C17H27FN4S/c1-19-17(20-9-13-22-11-5-2-6-12-22)21-10-14-23-16-8-4-3-7-15(16)18/h3-4,7-8H,2,5-6,9-14H2,1H3,(H2,19,20,21). The first-order valence-corrected chi connectivity index (χ1v) is 9.32. The van der Waals surface area contributed by atoms with Crippen LogP contribution in [0.3, 0.4) is 0 Å². The molecular formula is C17H27FN4S. The summed E-state index contributed by atoms with van der Waals surface area (Å²) < 4.78 is 13.5. The molecule has 0 aromatic heterocycles. The van der Waals surface area contributed by atoms with E-state index in [4.69, 9.17) is 0 Å². The Morgan fingerprint density at radius 2 is 1.91 bits per heavy atom. The van der Waals surface area contributed by atoms with Gasteiger partial charge in [-0.05, 0) is 38.1 Å². The maximum absolute atomic E-state index is 13.5. The molecule has 0 saturated carbocycles. The lowest BCUT2D eigenvalue weighted by molar-refractivity contribution is 0.232. The lowest BCUT2D eigenvalue weighted by Crippen LogP contribution is -2.43.